The molecule has 4 saturated carbocycles. The second-order valence-corrected chi connectivity index (χ2v) is 9.42. The van der Waals surface area contributed by atoms with Gasteiger partial charge in [0, 0.05) is 28.6 Å². The number of carbonyl (C=O) groups is 1. The summed E-state index contributed by atoms with van der Waals surface area (Å²) in [6.45, 7) is 0. The topological polar surface area (TPSA) is 65.0 Å². The van der Waals surface area contributed by atoms with Crippen molar-refractivity contribution in [2.75, 3.05) is 5.32 Å². The van der Waals surface area contributed by atoms with Crippen molar-refractivity contribution in [3.63, 3.8) is 0 Å². The molecule has 0 saturated heterocycles. The number of hydrogen-bond donors (Lipinski definition) is 3. The maximum atomic E-state index is 12.2. The van der Waals surface area contributed by atoms with Gasteiger partial charge in [-0.15, -0.1) is 0 Å². The van der Waals surface area contributed by atoms with Gasteiger partial charge in [-0.2, -0.15) is 0 Å². The number of rotatable bonds is 2. The van der Waals surface area contributed by atoms with E-state index in [1.165, 1.54) is 38.5 Å². The van der Waals surface area contributed by atoms with Crippen LogP contribution in [0.1, 0.15) is 54.4 Å². The summed E-state index contributed by atoms with van der Waals surface area (Å²) >= 11 is 0. The van der Waals surface area contributed by atoms with E-state index in [9.17, 15) is 4.79 Å². The average molecular weight is 359 g/mol. The molecule has 0 unspecified atom stereocenters. The van der Waals surface area contributed by atoms with Crippen LogP contribution in [0.4, 0.5) is 5.69 Å². The van der Waals surface area contributed by atoms with Crippen LogP contribution in [-0.2, 0) is 6.42 Å². The highest BCUT2D eigenvalue weighted by molar-refractivity contribution is 6.18. The van der Waals surface area contributed by atoms with E-state index in [2.05, 4.69) is 16.7 Å². The SMILES string of the molecule is N=C(Nc1ccc2c3c(cccc13)C(=O)C2)NC12CC3CC(CC(C3)C1)C2. The fourth-order valence-electron chi connectivity index (χ4n) is 6.93. The Morgan fingerprint density at radius 1 is 1.00 bits per heavy atom. The van der Waals surface area contributed by atoms with Gasteiger partial charge in [0.15, 0.2) is 11.7 Å². The van der Waals surface area contributed by atoms with Gasteiger partial charge in [0.1, 0.15) is 0 Å². The maximum absolute atomic E-state index is 12.2. The van der Waals surface area contributed by atoms with Crippen LogP contribution in [0, 0.1) is 23.2 Å². The van der Waals surface area contributed by atoms with Gasteiger partial charge in [-0.3, -0.25) is 10.2 Å². The van der Waals surface area contributed by atoms with Crippen molar-refractivity contribution in [3.8, 4) is 0 Å². The number of benzene rings is 2. The van der Waals surface area contributed by atoms with Crippen LogP contribution in [0.3, 0.4) is 0 Å². The lowest BCUT2D eigenvalue weighted by molar-refractivity contribution is -0.0101. The molecule has 0 aliphatic heterocycles. The Hall–Kier alpha value is -2.36. The van der Waals surface area contributed by atoms with E-state index >= 15 is 0 Å². The number of anilines is 1. The van der Waals surface area contributed by atoms with Crippen LogP contribution < -0.4 is 10.6 Å². The van der Waals surface area contributed by atoms with Gasteiger partial charge in [0.25, 0.3) is 0 Å². The first-order valence-corrected chi connectivity index (χ1v) is 10.3. The monoisotopic (exact) mass is 359 g/mol. The molecule has 0 amide bonds. The lowest BCUT2D eigenvalue weighted by Gasteiger charge is -2.57. The van der Waals surface area contributed by atoms with Crippen LogP contribution in [0.15, 0.2) is 30.3 Å². The molecule has 138 valence electrons. The first-order chi connectivity index (χ1) is 13.1. The van der Waals surface area contributed by atoms with Crippen molar-refractivity contribution in [1.82, 2.24) is 5.32 Å². The quantitative estimate of drug-likeness (QED) is 0.547. The molecule has 4 nitrogen and oxygen atoms in total. The number of ketones is 1. The van der Waals surface area contributed by atoms with Gasteiger partial charge in [-0.25, -0.2) is 0 Å². The predicted octanol–water partition coefficient (Wildman–Crippen LogP) is 4.48. The average Bonchev–Trinajstić information content (AvgIpc) is 2.93. The third-order valence-electron chi connectivity index (χ3n) is 7.47. The lowest BCUT2D eigenvalue weighted by Crippen LogP contribution is -2.60. The van der Waals surface area contributed by atoms with Crippen LogP contribution in [0.5, 0.6) is 0 Å². The highest BCUT2D eigenvalue weighted by Crippen LogP contribution is 2.55. The number of Topliss-reactive ketones (excluding diaryl/α,β-unsaturated/α-hetero) is 1. The summed E-state index contributed by atoms with van der Waals surface area (Å²) < 4.78 is 0. The Morgan fingerprint density at radius 2 is 1.70 bits per heavy atom. The lowest BCUT2D eigenvalue weighted by atomic mass is 9.53. The molecule has 0 heterocycles. The largest absolute Gasteiger partial charge is 0.351 e. The number of carbonyl (C=O) groups excluding carboxylic acids is 1. The molecule has 7 rings (SSSR count). The molecule has 5 aliphatic carbocycles. The van der Waals surface area contributed by atoms with Crippen molar-refractivity contribution in [3.05, 3.63) is 41.5 Å². The van der Waals surface area contributed by atoms with E-state index in [1.54, 1.807) is 0 Å². The Kier molecular flexibility index (Phi) is 3.10. The molecule has 27 heavy (non-hydrogen) atoms. The summed E-state index contributed by atoms with van der Waals surface area (Å²) in [7, 11) is 0. The van der Waals surface area contributed by atoms with Crippen molar-refractivity contribution in [2.45, 2.75) is 50.5 Å². The van der Waals surface area contributed by atoms with Crippen LogP contribution >= 0.6 is 0 Å². The first-order valence-electron chi connectivity index (χ1n) is 10.3. The Balaban J connectivity index is 1.28. The fourth-order valence-corrected chi connectivity index (χ4v) is 6.93. The van der Waals surface area contributed by atoms with Crippen LogP contribution in [0.2, 0.25) is 0 Å². The van der Waals surface area contributed by atoms with E-state index in [0.717, 1.165) is 45.3 Å². The highest BCUT2D eigenvalue weighted by Gasteiger charge is 2.51. The predicted molar refractivity (Wildman–Crippen MR) is 107 cm³/mol. The molecule has 4 fully saturated rings. The van der Waals surface area contributed by atoms with Crippen molar-refractivity contribution >= 4 is 28.2 Å². The zero-order valence-corrected chi connectivity index (χ0v) is 15.5. The normalized spacial score (nSPS) is 32.9. The van der Waals surface area contributed by atoms with Crippen LogP contribution in [0.25, 0.3) is 10.8 Å². The summed E-state index contributed by atoms with van der Waals surface area (Å²) in [5.41, 5.74) is 2.99. The molecule has 5 aliphatic rings. The zero-order valence-electron chi connectivity index (χ0n) is 15.5. The third kappa shape index (κ3) is 2.35. The number of guanidine groups is 1. The van der Waals surface area contributed by atoms with E-state index in [1.807, 2.05) is 24.3 Å². The molecule has 0 spiro atoms. The Bertz CT molecular complexity index is 957. The van der Waals surface area contributed by atoms with Gasteiger partial charge in [-0.05, 0) is 73.3 Å². The molecule has 3 N–H and O–H groups in total. The third-order valence-corrected chi connectivity index (χ3v) is 7.47. The Labute approximate surface area is 159 Å². The molecular weight excluding hydrogens is 334 g/mol. The molecule has 2 aromatic rings. The Morgan fingerprint density at radius 3 is 2.41 bits per heavy atom. The minimum absolute atomic E-state index is 0.129. The van der Waals surface area contributed by atoms with Crippen LogP contribution in [-0.4, -0.2) is 17.3 Å². The van der Waals surface area contributed by atoms with Crippen molar-refractivity contribution in [2.24, 2.45) is 17.8 Å². The molecule has 4 heteroatoms. The number of nitrogens with one attached hydrogen (secondary N) is 3. The standard InChI is InChI=1S/C23H25N3O/c24-22(26-23-10-13-6-14(11-23)8-15(7-13)12-23)25-19-5-4-16-9-20(27)18-3-1-2-17(19)21(16)18/h1-5,13-15H,6-12H2,(H3,24,25,26). The van der Waals surface area contributed by atoms with Crippen molar-refractivity contribution < 1.29 is 4.79 Å². The molecule has 0 radical (unpaired) electrons. The molecule has 4 bridgehead atoms. The van der Waals surface area contributed by atoms with E-state index in [-0.39, 0.29) is 11.3 Å². The summed E-state index contributed by atoms with van der Waals surface area (Å²) in [5, 5.41) is 17.6. The molecule has 0 aromatic heterocycles. The minimum Gasteiger partial charge on any atom is -0.351 e. The van der Waals surface area contributed by atoms with Gasteiger partial charge < -0.3 is 10.6 Å². The molecule has 2 aromatic carbocycles. The van der Waals surface area contributed by atoms with E-state index < -0.39 is 0 Å². The summed E-state index contributed by atoms with van der Waals surface area (Å²) in [6, 6.07) is 9.99. The fraction of sp³-hybridized carbons (Fsp3) is 0.478. The number of hydrogen-bond acceptors (Lipinski definition) is 2. The van der Waals surface area contributed by atoms with Gasteiger partial charge in [0.05, 0.1) is 0 Å². The van der Waals surface area contributed by atoms with Gasteiger partial charge in [0.2, 0.25) is 0 Å². The summed E-state index contributed by atoms with van der Waals surface area (Å²) in [6.07, 6.45) is 8.39. The highest BCUT2D eigenvalue weighted by atomic mass is 16.1. The second-order valence-electron chi connectivity index (χ2n) is 9.42. The zero-order chi connectivity index (χ0) is 18.2. The maximum Gasteiger partial charge on any atom is 0.193 e. The van der Waals surface area contributed by atoms with Crippen molar-refractivity contribution in [1.29, 1.82) is 5.41 Å². The molecular formula is C23H25N3O. The summed E-state index contributed by atoms with van der Waals surface area (Å²) in [5.74, 6) is 3.19. The first kappa shape index (κ1) is 15.7. The summed E-state index contributed by atoms with van der Waals surface area (Å²) in [4.78, 5) is 12.2. The van der Waals surface area contributed by atoms with E-state index in [0.29, 0.717) is 12.4 Å². The molecule has 0 atom stereocenters. The van der Waals surface area contributed by atoms with Gasteiger partial charge >= 0.3 is 0 Å². The van der Waals surface area contributed by atoms with E-state index in [4.69, 9.17) is 5.41 Å². The van der Waals surface area contributed by atoms with Gasteiger partial charge in [-0.1, -0.05) is 24.3 Å². The second kappa shape index (κ2) is 5.34. The minimum atomic E-state index is 0.129. The smallest absolute Gasteiger partial charge is 0.193 e.